The molecular weight excluding hydrogens is 232 g/mol. The first-order valence-electron chi connectivity index (χ1n) is 5.70. The van der Waals surface area contributed by atoms with Crippen molar-refractivity contribution in [3.05, 3.63) is 47.5 Å². The third-order valence-corrected chi connectivity index (χ3v) is 2.07. The Morgan fingerprint density at radius 1 is 1.06 bits per heavy atom. The van der Waals surface area contributed by atoms with Crippen LogP contribution in [0.4, 0.5) is 0 Å². The van der Waals surface area contributed by atoms with E-state index in [-0.39, 0.29) is 11.1 Å². The minimum Gasteiger partial charge on any atom is -0.478 e. The molecule has 1 aromatic rings. The molecule has 1 aromatic carbocycles. The summed E-state index contributed by atoms with van der Waals surface area (Å²) in [6.07, 6.45) is 6.77. The Morgan fingerprint density at radius 3 is 1.61 bits per heavy atom. The number of benzene rings is 1. The van der Waals surface area contributed by atoms with Crippen LogP contribution in [0.25, 0.3) is 0 Å². The fraction of sp³-hybridized carbons (Fsp3) is 0.286. The van der Waals surface area contributed by atoms with Gasteiger partial charge in [-0.15, -0.1) is 0 Å². The van der Waals surface area contributed by atoms with Gasteiger partial charge in [-0.05, 0) is 37.6 Å². The second-order valence-corrected chi connectivity index (χ2v) is 3.55. The van der Waals surface area contributed by atoms with Gasteiger partial charge in [0.25, 0.3) is 0 Å². The number of carboxylic acid groups (broad SMARTS) is 2. The first-order valence-corrected chi connectivity index (χ1v) is 5.70. The van der Waals surface area contributed by atoms with Crippen molar-refractivity contribution in [3.63, 3.8) is 0 Å². The Labute approximate surface area is 107 Å². The third kappa shape index (κ3) is 6.48. The number of aromatic carboxylic acids is 2. The van der Waals surface area contributed by atoms with Crippen LogP contribution in [0.3, 0.4) is 0 Å². The number of rotatable bonds is 4. The van der Waals surface area contributed by atoms with Crippen LogP contribution in [0.15, 0.2) is 36.4 Å². The zero-order valence-electron chi connectivity index (χ0n) is 10.6. The van der Waals surface area contributed by atoms with E-state index in [0.717, 1.165) is 0 Å². The minimum absolute atomic E-state index is 0.0833. The molecule has 0 spiro atoms. The summed E-state index contributed by atoms with van der Waals surface area (Å²) in [6.45, 7) is 4.23. The molecule has 4 heteroatoms. The topological polar surface area (TPSA) is 74.6 Å². The summed E-state index contributed by atoms with van der Waals surface area (Å²) in [7, 11) is 0. The van der Waals surface area contributed by atoms with Crippen molar-refractivity contribution in [1.29, 1.82) is 0 Å². The van der Waals surface area contributed by atoms with Crippen LogP contribution in [-0.4, -0.2) is 22.2 Å². The van der Waals surface area contributed by atoms with Gasteiger partial charge in [0.2, 0.25) is 0 Å². The van der Waals surface area contributed by atoms with E-state index in [1.165, 1.54) is 37.1 Å². The van der Waals surface area contributed by atoms with E-state index < -0.39 is 11.9 Å². The molecule has 0 aliphatic heterocycles. The van der Waals surface area contributed by atoms with Crippen LogP contribution < -0.4 is 0 Å². The molecule has 0 aliphatic carbocycles. The fourth-order valence-electron chi connectivity index (χ4n) is 1.09. The molecule has 98 valence electrons. The van der Waals surface area contributed by atoms with Gasteiger partial charge in [0.15, 0.2) is 0 Å². The van der Waals surface area contributed by atoms with E-state index in [2.05, 4.69) is 26.0 Å². The summed E-state index contributed by atoms with van der Waals surface area (Å²) in [6, 6.07) is 5.02. The van der Waals surface area contributed by atoms with Crippen molar-refractivity contribution >= 4 is 11.9 Å². The summed E-state index contributed by atoms with van der Waals surface area (Å²) in [4.78, 5) is 20.7. The molecule has 18 heavy (non-hydrogen) atoms. The van der Waals surface area contributed by atoms with Crippen molar-refractivity contribution in [2.24, 2.45) is 0 Å². The first kappa shape index (κ1) is 15.9. The normalized spacial score (nSPS) is 9.67. The fourth-order valence-corrected chi connectivity index (χ4v) is 1.09. The number of carbonyl (C=O) groups is 2. The van der Waals surface area contributed by atoms with Gasteiger partial charge >= 0.3 is 11.9 Å². The number of hydrogen-bond donors (Lipinski definition) is 2. The van der Waals surface area contributed by atoms with E-state index in [1.54, 1.807) is 0 Å². The number of hydrogen-bond acceptors (Lipinski definition) is 2. The molecule has 4 nitrogen and oxygen atoms in total. The second kappa shape index (κ2) is 8.98. The Bertz CT molecular complexity index is 371. The SMILES string of the molecule is CC=CCCC.O=C(O)c1ccc(C(=O)O)cc1. The maximum absolute atomic E-state index is 10.3. The summed E-state index contributed by atoms with van der Waals surface area (Å²) < 4.78 is 0. The van der Waals surface area contributed by atoms with E-state index in [1.807, 2.05) is 0 Å². The molecule has 0 unspecified atom stereocenters. The highest BCUT2D eigenvalue weighted by atomic mass is 16.4. The highest BCUT2D eigenvalue weighted by Crippen LogP contribution is 2.03. The van der Waals surface area contributed by atoms with Crippen molar-refractivity contribution in [2.75, 3.05) is 0 Å². The van der Waals surface area contributed by atoms with Gasteiger partial charge in [-0.25, -0.2) is 9.59 Å². The van der Waals surface area contributed by atoms with Gasteiger partial charge < -0.3 is 10.2 Å². The van der Waals surface area contributed by atoms with Crippen molar-refractivity contribution < 1.29 is 19.8 Å². The smallest absolute Gasteiger partial charge is 0.335 e. The van der Waals surface area contributed by atoms with Crippen LogP contribution in [0, 0.1) is 0 Å². The van der Waals surface area contributed by atoms with Gasteiger partial charge in [0, 0.05) is 0 Å². The maximum atomic E-state index is 10.3. The maximum Gasteiger partial charge on any atom is 0.335 e. The van der Waals surface area contributed by atoms with Crippen LogP contribution in [0.5, 0.6) is 0 Å². The predicted octanol–water partition coefficient (Wildman–Crippen LogP) is 3.45. The van der Waals surface area contributed by atoms with Crippen LogP contribution in [-0.2, 0) is 0 Å². The highest BCUT2D eigenvalue weighted by molar-refractivity contribution is 5.91. The third-order valence-electron chi connectivity index (χ3n) is 2.07. The molecule has 0 fully saturated rings. The van der Waals surface area contributed by atoms with E-state index in [0.29, 0.717) is 0 Å². The quantitative estimate of drug-likeness (QED) is 0.802. The molecular formula is C14H18O4. The van der Waals surface area contributed by atoms with E-state index in [4.69, 9.17) is 10.2 Å². The minimum atomic E-state index is -1.06. The summed E-state index contributed by atoms with van der Waals surface area (Å²) in [5, 5.41) is 16.9. The van der Waals surface area contributed by atoms with Crippen molar-refractivity contribution in [2.45, 2.75) is 26.7 Å². The lowest BCUT2D eigenvalue weighted by Gasteiger charge is -1.94. The number of allylic oxidation sites excluding steroid dienone is 2. The Hall–Kier alpha value is -2.10. The van der Waals surface area contributed by atoms with Gasteiger partial charge in [-0.1, -0.05) is 25.5 Å². The predicted molar refractivity (Wildman–Crippen MR) is 70.1 cm³/mol. The van der Waals surface area contributed by atoms with Gasteiger partial charge in [0.05, 0.1) is 11.1 Å². The lowest BCUT2D eigenvalue weighted by Crippen LogP contribution is -1.99. The molecule has 0 saturated carbocycles. The standard InChI is InChI=1S/C8H6O4.C6H12/c9-7(10)5-1-2-6(4-3-5)8(11)12;1-3-5-6-4-2/h1-4H,(H,9,10)(H,11,12);3,5H,4,6H2,1-2H3. The molecule has 0 heterocycles. The van der Waals surface area contributed by atoms with E-state index >= 15 is 0 Å². The Morgan fingerprint density at radius 2 is 1.44 bits per heavy atom. The molecule has 0 saturated heterocycles. The zero-order chi connectivity index (χ0) is 14.0. The summed E-state index contributed by atoms with van der Waals surface area (Å²) in [5.41, 5.74) is 0.167. The van der Waals surface area contributed by atoms with E-state index in [9.17, 15) is 9.59 Å². The van der Waals surface area contributed by atoms with Gasteiger partial charge in [-0.3, -0.25) is 0 Å². The molecule has 0 aromatic heterocycles. The molecule has 0 atom stereocenters. The largest absolute Gasteiger partial charge is 0.478 e. The number of carboxylic acids is 2. The molecule has 0 radical (unpaired) electrons. The highest BCUT2D eigenvalue weighted by Gasteiger charge is 2.04. The van der Waals surface area contributed by atoms with Crippen LogP contribution in [0.1, 0.15) is 47.4 Å². The Balaban J connectivity index is 0.000000411. The average molecular weight is 250 g/mol. The summed E-state index contributed by atoms with van der Waals surface area (Å²) >= 11 is 0. The summed E-state index contributed by atoms with van der Waals surface area (Å²) in [5.74, 6) is -2.13. The lowest BCUT2D eigenvalue weighted by molar-refractivity contribution is 0.0681. The van der Waals surface area contributed by atoms with Gasteiger partial charge in [-0.2, -0.15) is 0 Å². The lowest BCUT2D eigenvalue weighted by atomic mass is 10.1. The average Bonchev–Trinajstić information content (AvgIpc) is 2.37. The molecule has 1 rings (SSSR count). The van der Waals surface area contributed by atoms with Crippen molar-refractivity contribution in [3.8, 4) is 0 Å². The molecule has 0 bridgehead atoms. The van der Waals surface area contributed by atoms with Crippen molar-refractivity contribution in [1.82, 2.24) is 0 Å². The number of unbranched alkanes of at least 4 members (excludes halogenated alkanes) is 1. The molecule has 2 N–H and O–H groups in total. The van der Waals surface area contributed by atoms with Crippen LogP contribution in [0.2, 0.25) is 0 Å². The molecule has 0 aliphatic rings. The first-order chi connectivity index (χ1) is 8.52. The zero-order valence-corrected chi connectivity index (χ0v) is 10.6. The van der Waals surface area contributed by atoms with Crippen LogP contribution >= 0.6 is 0 Å². The van der Waals surface area contributed by atoms with Gasteiger partial charge in [0.1, 0.15) is 0 Å². The monoisotopic (exact) mass is 250 g/mol. The molecule has 0 amide bonds. The Kier molecular flexibility index (Phi) is 7.94. The second-order valence-electron chi connectivity index (χ2n) is 3.55.